The van der Waals surface area contributed by atoms with Crippen LogP contribution in [0.15, 0.2) is 23.6 Å². The Labute approximate surface area is 104 Å². The zero-order valence-corrected chi connectivity index (χ0v) is 10.7. The standard InChI is InChI=1S/C12H15NO3S/c1-3-13(9-12(15)16-2)11(14)7-6-10-5-4-8-17-10/h4-8H,3,9H2,1-2H3. The van der Waals surface area contributed by atoms with E-state index < -0.39 is 5.97 Å². The molecule has 0 aliphatic carbocycles. The second-order valence-electron chi connectivity index (χ2n) is 3.28. The highest BCUT2D eigenvalue weighted by Gasteiger charge is 2.12. The lowest BCUT2D eigenvalue weighted by Crippen LogP contribution is -2.34. The fraction of sp³-hybridized carbons (Fsp3) is 0.333. The normalized spacial score (nSPS) is 10.5. The molecule has 0 bridgehead atoms. The Kier molecular flexibility index (Phi) is 5.42. The zero-order valence-electron chi connectivity index (χ0n) is 9.88. The molecule has 0 radical (unpaired) electrons. The van der Waals surface area contributed by atoms with Crippen LogP contribution in [0.4, 0.5) is 0 Å². The van der Waals surface area contributed by atoms with Crippen LogP contribution in [0.5, 0.6) is 0 Å². The molecule has 1 rings (SSSR count). The highest BCUT2D eigenvalue weighted by molar-refractivity contribution is 7.10. The minimum atomic E-state index is -0.412. The summed E-state index contributed by atoms with van der Waals surface area (Å²) in [6, 6.07) is 3.84. The van der Waals surface area contributed by atoms with E-state index in [9.17, 15) is 9.59 Å². The molecule has 0 saturated carbocycles. The Bertz CT molecular complexity index is 398. The number of likely N-dealkylation sites (N-methyl/N-ethyl adjacent to an activating group) is 1. The molecule has 92 valence electrons. The van der Waals surface area contributed by atoms with E-state index in [2.05, 4.69) is 4.74 Å². The van der Waals surface area contributed by atoms with Gasteiger partial charge in [-0.3, -0.25) is 9.59 Å². The zero-order chi connectivity index (χ0) is 12.7. The molecule has 0 fully saturated rings. The minimum absolute atomic E-state index is 0.0133. The van der Waals surface area contributed by atoms with Crippen molar-refractivity contribution in [2.45, 2.75) is 6.92 Å². The average Bonchev–Trinajstić information content (AvgIpc) is 2.85. The van der Waals surface area contributed by atoms with Gasteiger partial charge in [0, 0.05) is 17.5 Å². The molecule has 0 aromatic carbocycles. The first-order valence-electron chi connectivity index (χ1n) is 5.24. The van der Waals surface area contributed by atoms with Gasteiger partial charge in [-0.15, -0.1) is 11.3 Å². The highest BCUT2D eigenvalue weighted by Crippen LogP contribution is 2.10. The van der Waals surface area contributed by atoms with E-state index in [1.165, 1.54) is 18.1 Å². The number of carbonyl (C=O) groups is 2. The third-order valence-corrected chi connectivity index (χ3v) is 3.01. The summed E-state index contributed by atoms with van der Waals surface area (Å²) >= 11 is 1.55. The predicted molar refractivity (Wildman–Crippen MR) is 67.6 cm³/mol. The summed E-state index contributed by atoms with van der Waals surface area (Å²) in [4.78, 5) is 25.3. The van der Waals surface area contributed by atoms with Crippen molar-refractivity contribution in [3.8, 4) is 0 Å². The van der Waals surface area contributed by atoms with E-state index in [1.807, 2.05) is 24.4 Å². The Hall–Kier alpha value is -1.62. The molecule has 0 aliphatic heterocycles. The quantitative estimate of drug-likeness (QED) is 0.593. The highest BCUT2D eigenvalue weighted by atomic mass is 32.1. The summed E-state index contributed by atoms with van der Waals surface area (Å²) in [5.74, 6) is -0.601. The van der Waals surface area contributed by atoms with Crippen LogP contribution in [-0.4, -0.2) is 37.0 Å². The van der Waals surface area contributed by atoms with E-state index in [-0.39, 0.29) is 12.5 Å². The molecular formula is C12H15NO3S. The van der Waals surface area contributed by atoms with Crippen LogP contribution in [0.25, 0.3) is 6.08 Å². The van der Waals surface area contributed by atoms with Gasteiger partial charge in [-0.1, -0.05) is 6.07 Å². The summed E-state index contributed by atoms with van der Waals surface area (Å²) < 4.78 is 4.53. The Balaban J connectivity index is 2.57. The molecule has 1 amide bonds. The fourth-order valence-electron chi connectivity index (χ4n) is 1.21. The number of rotatable bonds is 5. The number of methoxy groups -OCH3 is 1. The molecular weight excluding hydrogens is 238 g/mol. The fourth-order valence-corrected chi connectivity index (χ4v) is 1.83. The lowest BCUT2D eigenvalue weighted by atomic mass is 10.3. The molecule has 0 atom stereocenters. The molecule has 0 spiro atoms. The molecule has 0 N–H and O–H groups in total. The van der Waals surface area contributed by atoms with Gasteiger partial charge in [-0.05, 0) is 24.4 Å². The van der Waals surface area contributed by atoms with Gasteiger partial charge < -0.3 is 9.64 Å². The number of hydrogen-bond donors (Lipinski definition) is 0. The van der Waals surface area contributed by atoms with E-state index in [4.69, 9.17) is 0 Å². The maximum Gasteiger partial charge on any atom is 0.325 e. The third-order valence-electron chi connectivity index (χ3n) is 2.17. The van der Waals surface area contributed by atoms with E-state index in [0.717, 1.165) is 4.88 Å². The second-order valence-corrected chi connectivity index (χ2v) is 4.26. The monoisotopic (exact) mass is 253 g/mol. The van der Waals surface area contributed by atoms with Gasteiger partial charge in [-0.25, -0.2) is 0 Å². The first-order valence-corrected chi connectivity index (χ1v) is 6.12. The van der Waals surface area contributed by atoms with Crippen molar-refractivity contribution in [2.75, 3.05) is 20.2 Å². The molecule has 0 unspecified atom stereocenters. The van der Waals surface area contributed by atoms with Crippen LogP contribution in [-0.2, 0) is 14.3 Å². The van der Waals surface area contributed by atoms with Crippen molar-refractivity contribution in [2.24, 2.45) is 0 Å². The van der Waals surface area contributed by atoms with Crippen molar-refractivity contribution in [3.63, 3.8) is 0 Å². The smallest absolute Gasteiger partial charge is 0.325 e. The predicted octanol–water partition coefficient (Wildman–Crippen LogP) is 1.78. The van der Waals surface area contributed by atoms with Gasteiger partial charge in [0.2, 0.25) is 5.91 Å². The van der Waals surface area contributed by atoms with Gasteiger partial charge in [0.05, 0.1) is 7.11 Å². The van der Waals surface area contributed by atoms with Gasteiger partial charge in [0.1, 0.15) is 6.54 Å². The van der Waals surface area contributed by atoms with E-state index in [0.29, 0.717) is 6.54 Å². The van der Waals surface area contributed by atoms with Crippen LogP contribution < -0.4 is 0 Å². The summed E-state index contributed by atoms with van der Waals surface area (Å²) in [7, 11) is 1.31. The van der Waals surface area contributed by atoms with Crippen molar-refractivity contribution >= 4 is 29.3 Å². The van der Waals surface area contributed by atoms with Crippen LogP contribution in [0, 0.1) is 0 Å². The molecule has 1 aromatic heterocycles. The third kappa shape index (κ3) is 4.40. The van der Waals surface area contributed by atoms with Crippen molar-refractivity contribution in [3.05, 3.63) is 28.5 Å². The first kappa shape index (κ1) is 13.4. The SMILES string of the molecule is CCN(CC(=O)OC)C(=O)C=Cc1cccs1. The molecule has 1 aromatic rings. The number of amides is 1. The molecule has 5 heteroatoms. The van der Waals surface area contributed by atoms with Crippen molar-refractivity contribution < 1.29 is 14.3 Å². The minimum Gasteiger partial charge on any atom is -0.468 e. The maximum atomic E-state index is 11.8. The van der Waals surface area contributed by atoms with Crippen LogP contribution in [0.1, 0.15) is 11.8 Å². The maximum absolute atomic E-state index is 11.8. The van der Waals surface area contributed by atoms with Gasteiger partial charge in [0.25, 0.3) is 0 Å². The second kappa shape index (κ2) is 6.85. The lowest BCUT2D eigenvalue weighted by molar-refractivity contribution is -0.145. The van der Waals surface area contributed by atoms with Crippen LogP contribution in [0.3, 0.4) is 0 Å². The number of carbonyl (C=O) groups excluding carboxylic acids is 2. The van der Waals surface area contributed by atoms with Crippen molar-refractivity contribution in [1.29, 1.82) is 0 Å². The number of esters is 1. The van der Waals surface area contributed by atoms with Crippen LogP contribution in [0.2, 0.25) is 0 Å². The Morgan fingerprint density at radius 2 is 2.29 bits per heavy atom. The number of ether oxygens (including phenoxy) is 1. The molecule has 0 aliphatic rings. The Morgan fingerprint density at radius 1 is 1.53 bits per heavy atom. The van der Waals surface area contributed by atoms with E-state index in [1.54, 1.807) is 17.4 Å². The number of thiophene rings is 1. The van der Waals surface area contributed by atoms with Gasteiger partial charge in [-0.2, -0.15) is 0 Å². The summed E-state index contributed by atoms with van der Waals surface area (Å²) in [6.07, 6.45) is 3.21. The Morgan fingerprint density at radius 3 is 2.82 bits per heavy atom. The van der Waals surface area contributed by atoms with Crippen molar-refractivity contribution in [1.82, 2.24) is 4.90 Å². The summed E-state index contributed by atoms with van der Waals surface area (Å²) in [6.45, 7) is 2.28. The molecule has 4 nitrogen and oxygen atoms in total. The topological polar surface area (TPSA) is 46.6 Å². The average molecular weight is 253 g/mol. The molecule has 17 heavy (non-hydrogen) atoms. The largest absolute Gasteiger partial charge is 0.468 e. The first-order chi connectivity index (χ1) is 8.17. The van der Waals surface area contributed by atoms with Crippen LogP contribution >= 0.6 is 11.3 Å². The number of hydrogen-bond acceptors (Lipinski definition) is 4. The molecule has 0 saturated heterocycles. The van der Waals surface area contributed by atoms with Gasteiger partial charge in [0.15, 0.2) is 0 Å². The molecule has 1 heterocycles. The number of nitrogens with zero attached hydrogens (tertiary/aromatic N) is 1. The van der Waals surface area contributed by atoms with E-state index >= 15 is 0 Å². The summed E-state index contributed by atoms with van der Waals surface area (Å²) in [5.41, 5.74) is 0. The summed E-state index contributed by atoms with van der Waals surface area (Å²) in [5, 5.41) is 1.94. The van der Waals surface area contributed by atoms with Gasteiger partial charge >= 0.3 is 5.97 Å². The lowest BCUT2D eigenvalue weighted by Gasteiger charge is -2.17.